The molecule has 1 amide bonds. The van der Waals surface area contributed by atoms with Gasteiger partial charge in [0.15, 0.2) is 0 Å². The number of halogens is 5. The fourth-order valence-electron chi connectivity index (χ4n) is 3.31. The van der Waals surface area contributed by atoms with Crippen LogP contribution in [0.15, 0.2) is 48.7 Å². The molecule has 1 heterocycles. The van der Waals surface area contributed by atoms with Crippen molar-refractivity contribution in [1.29, 1.82) is 5.26 Å². The Morgan fingerprint density at radius 2 is 1.89 bits per heavy atom. The molecule has 0 saturated carbocycles. The number of carbonyl (C=O) groups is 2. The van der Waals surface area contributed by atoms with Crippen LogP contribution in [-0.4, -0.2) is 35.6 Å². The highest BCUT2D eigenvalue weighted by Gasteiger charge is 2.33. The normalized spacial score (nSPS) is 11.0. The van der Waals surface area contributed by atoms with E-state index < -0.39 is 23.7 Å². The third-order valence-electron chi connectivity index (χ3n) is 4.98. The molecular formula is C24H16Cl2F3N3O4. The average molecular weight is 538 g/mol. The minimum absolute atomic E-state index is 0.00337. The van der Waals surface area contributed by atoms with Crippen LogP contribution < -0.4 is 9.64 Å². The maximum absolute atomic E-state index is 13.6. The number of nitriles is 1. The Hall–Kier alpha value is -3.81. The molecule has 186 valence electrons. The van der Waals surface area contributed by atoms with Crippen LogP contribution in [0.5, 0.6) is 5.75 Å². The van der Waals surface area contributed by atoms with E-state index in [4.69, 9.17) is 33.0 Å². The lowest BCUT2D eigenvalue weighted by Crippen LogP contribution is -2.28. The molecular weight excluding hydrogens is 522 g/mol. The van der Waals surface area contributed by atoms with Gasteiger partial charge in [-0.3, -0.25) is 14.6 Å². The molecule has 2 aromatic carbocycles. The second kappa shape index (κ2) is 10.8. The highest BCUT2D eigenvalue weighted by molar-refractivity contribution is 6.34. The van der Waals surface area contributed by atoms with Crippen LogP contribution in [0.25, 0.3) is 11.1 Å². The largest absolute Gasteiger partial charge is 0.491 e. The van der Waals surface area contributed by atoms with E-state index in [1.807, 2.05) is 0 Å². The molecule has 0 fully saturated rings. The average Bonchev–Trinajstić information content (AvgIpc) is 2.82. The number of aromatic nitrogens is 1. The number of hydrogen-bond donors (Lipinski definition) is 1. The highest BCUT2D eigenvalue weighted by Crippen LogP contribution is 2.38. The maximum Gasteiger partial charge on any atom is 0.433 e. The van der Waals surface area contributed by atoms with Crippen molar-refractivity contribution in [3.8, 4) is 22.9 Å². The molecule has 0 spiro atoms. The predicted molar refractivity (Wildman–Crippen MR) is 126 cm³/mol. The van der Waals surface area contributed by atoms with Gasteiger partial charge >= 0.3 is 12.1 Å². The summed E-state index contributed by atoms with van der Waals surface area (Å²) < 4.78 is 44.8. The number of anilines is 1. The van der Waals surface area contributed by atoms with Crippen LogP contribution in [-0.2, 0) is 11.0 Å². The first kappa shape index (κ1) is 26.8. The number of carboxylic acids is 1. The molecule has 0 unspecified atom stereocenters. The standard InChI is InChI=1S/C24H16Cl2F3N3O4/c1-32(22-18(26)3-2-4-19(22)36-8-7-21(33)34)23(35)15-6-5-14(25)10-16(15)17-12-31-20(24(27,28)29)9-13(17)11-30/h2-6,9-10,12H,7-8H2,1H3,(H,33,34). The Morgan fingerprint density at radius 3 is 2.53 bits per heavy atom. The molecule has 7 nitrogen and oxygen atoms in total. The zero-order valence-electron chi connectivity index (χ0n) is 18.4. The van der Waals surface area contributed by atoms with Gasteiger partial charge in [0.05, 0.1) is 29.7 Å². The predicted octanol–water partition coefficient (Wildman–Crippen LogP) is 6.08. The third kappa shape index (κ3) is 5.87. The number of hydrogen-bond acceptors (Lipinski definition) is 5. The third-order valence-corrected chi connectivity index (χ3v) is 5.52. The second-order valence-corrected chi connectivity index (χ2v) is 8.20. The molecule has 0 saturated heterocycles. The van der Waals surface area contributed by atoms with Gasteiger partial charge in [-0.2, -0.15) is 18.4 Å². The number of amides is 1. The summed E-state index contributed by atoms with van der Waals surface area (Å²) in [6.07, 6.45) is -4.19. The topological polar surface area (TPSA) is 104 Å². The van der Waals surface area contributed by atoms with Gasteiger partial charge in [-0.15, -0.1) is 0 Å². The molecule has 3 aromatic rings. The summed E-state index contributed by atoms with van der Waals surface area (Å²) in [5.41, 5.74) is -1.42. The van der Waals surface area contributed by atoms with Crippen molar-refractivity contribution in [3.63, 3.8) is 0 Å². The summed E-state index contributed by atoms with van der Waals surface area (Å²) in [7, 11) is 1.39. The summed E-state index contributed by atoms with van der Waals surface area (Å²) >= 11 is 12.4. The Kier molecular flexibility index (Phi) is 8.07. The van der Waals surface area contributed by atoms with Crippen molar-refractivity contribution < 1.29 is 32.6 Å². The summed E-state index contributed by atoms with van der Waals surface area (Å²) in [5.74, 6) is -1.59. The molecule has 12 heteroatoms. The maximum atomic E-state index is 13.6. The van der Waals surface area contributed by atoms with E-state index in [-0.39, 0.29) is 56.8 Å². The van der Waals surface area contributed by atoms with Gasteiger partial charge < -0.3 is 14.7 Å². The number of ether oxygens (including phenoxy) is 1. The molecule has 0 radical (unpaired) electrons. The molecule has 0 atom stereocenters. The zero-order chi connectivity index (χ0) is 26.6. The van der Waals surface area contributed by atoms with Crippen molar-refractivity contribution in [2.75, 3.05) is 18.6 Å². The minimum atomic E-state index is -4.77. The van der Waals surface area contributed by atoms with Crippen LogP contribution in [0.4, 0.5) is 18.9 Å². The number of benzene rings is 2. The first-order valence-electron chi connectivity index (χ1n) is 10.1. The summed E-state index contributed by atoms with van der Waals surface area (Å²) in [6.45, 7) is -0.181. The van der Waals surface area contributed by atoms with E-state index in [2.05, 4.69) is 4.98 Å². The fraction of sp³-hybridized carbons (Fsp3) is 0.167. The van der Waals surface area contributed by atoms with Crippen molar-refractivity contribution in [3.05, 3.63) is 75.5 Å². The number of alkyl halides is 3. The lowest BCUT2D eigenvalue weighted by molar-refractivity contribution is -0.141. The van der Waals surface area contributed by atoms with Crippen molar-refractivity contribution in [2.24, 2.45) is 0 Å². The highest BCUT2D eigenvalue weighted by atomic mass is 35.5. The molecule has 1 aromatic heterocycles. The van der Waals surface area contributed by atoms with Crippen LogP contribution in [0, 0.1) is 11.3 Å². The number of carboxylic acid groups (broad SMARTS) is 1. The van der Waals surface area contributed by atoms with E-state index in [0.717, 1.165) is 11.1 Å². The molecule has 0 bridgehead atoms. The van der Waals surface area contributed by atoms with Gasteiger partial charge in [0.25, 0.3) is 5.91 Å². The number of para-hydroxylation sites is 1. The lowest BCUT2D eigenvalue weighted by atomic mass is 9.96. The lowest BCUT2D eigenvalue weighted by Gasteiger charge is -2.23. The number of aliphatic carboxylic acids is 1. The van der Waals surface area contributed by atoms with E-state index in [1.54, 1.807) is 12.1 Å². The van der Waals surface area contributed by atoms with Gasteiger partial charge in [0.1, 0.15) is 17.1 Å². The van der Waals surface area contributed by atoms with Gasteiger partial charge in [0, 0.05) is 29.4 Å². The Labute approximate surface area is 213 Å². The van der Waals surface area contributed by atoms with E-state index >= 15 is 0 Å². The van der Waals surface area contributed by atoms with Gasteiger partial charge in [-0.25, -0.2) is 0 Å². The molecule has 1 N–H and O–H groups in total. The van der Waals surface area contributed by atoms with Crippen LogP contribution in [0.3, 0.4) is 0 Å². The zero-order valence-corrected chi connectivity index (χ0v) is 19.9. The summed E-state index contributed by atoms with van der Waals surface area (Å²) in [6, 6.07) is 11.0. The Balaban J connectivity index is 2.08. The SMILES string of the molecule is CN(C(=O)c1ccc(Cl)cc1-c1cnc(C(F)(F)F)cc1C#N)c1c(Cl)cccc1OCCC(=O)O. The molecule has 3 rings (SSSR count). The molecule has 36 heavy (non-hydrogen) atoms. The first-order chi connectivity index (χ1) is 16.9. The van der Waals surface area contributed by atoms with Crippen molar-refractivity contribution >= 4 is 40.8 Å². The summed E-state index contributed by atoms with van der Waals surface area (Å²) in [4.78, 5) is 28.9. The van der Waals surface area contributed by atoms with E-state index in [9.17, 15) is 28.0 Å². The van der Waals surface area contributed by atoms with Crippen molar-refractivity contribution in [2.45, 2.75) is 12.6 Å². The smallest absolute Gasteiger partial charge is 0.433 e. The first-order valence-corrected chi connectivity index (χ1v) is 10.9. The summed E-state index contributed by atoms with van der Waals surface area (Å²) in [5, 5.41) is 18.7. The number of carbonyl (C=O) groups excluding carboxylic acids is 1. The fourth-order valence-corrected chi connectivity index (χ4v) is 3.78. The van der Waals surface area contributed by atoms with E-state index in [0.29, 0.717) is 6.07 Å². The Bertz CT molecular complexity index is 1370. The molecule has 0 aliphatic rings. The van der Waals surface area contributed by atoms with Gasteiger partial charge in [-0.05, 0) is 42.0 Å². The van der Waals surface area contributed by atoms with Crippen LogP contribution in [0.2, 0.25) is 10.0 Å². The monoisotopic (exact) mass is 537 g/mol. The van der Waals surface area contributed by atoms with Crippen LogP contribution in [0.1, 0.15) is 28.0 Å². The Morgan fingerprint density at radius 1 is 1.17 bits per heavy atom. The van der Waals surface area contributed by atoms with Crippen LogP contribution >= 0.6 is 23.2 Å². The minimum Gasteiger partial charge on any atom is -0.491 e. The van der Waals surface area contributed by atoms with E-state index in [1.165, 1.54) is 37.4 Å². The van der Waals surface area contributed by atoms with Crippen molar-refractivity contribution in [1.82, 2.24) is 4.98 Å². The number of rotatable bonds is 7. The quantitative estimate of drug-likeness (QED) is 0.392. The molecule has 0 aliphatic heterocycles. The second-order valence-electron chi connectivity index (χ2n) is 7.36. The van der Waals surface area contributed by atoms with Gasteiger partial charge in [-0.1, -0.05) is 29.3 Å². The number of pyridine rings is 1. The molecule has 0 aliphatic carbocycles. The van der Waals surface area contributed by atoms with Gasteiger partial charge in [0.2, 0.25) is 0 Å². The number of nitrogens with zero attached hydrogens (tertiary/aromatic N) is 3.